The van der Waals surface area contributed by atoms with E-state index in [4.69, 9.17) is 10.2 Å². The van der Waals surface area contributed by atoms with Crippen molar-refractivity contribution in [2.75, 3.05) is 13.2 Å². The van der Waals surface area contributed by atoms with Gasteiger partial charge in [0.15, 0.2) is 0 Å². The van der Waals surface area contributed by atoms with E-state index in [2.05, 4.69) is 9.97 Å². The molecule has 0 aliphatic carbocycles. The third kappa shape index (κ3) is 4.95. The summed E-state index contributed by atoms with van der Waals surface area (Å²) in [7, 11) is 0. The van der Waals surface area contributed by atoms with E-state index < -0.39 is 43.5 Å². The van der Waals surface area contributed by atoms with Gasteiger partial charge in [-0.05, 0) is 0 Å². The number of hydrogen-bond donors (Lipinski definition) is 6. The zero-order valence-corrected chi connectivity index (χ0v) is 11.7. The Morgan fingerprint density at radius 1 is 0.905 bits per heavy atom. The molecule has 1 rings (SSSR count). The van der Waals surface area contributed by atoms with E-state index in [1.165, 1.54) is 12.4 Å². The summed E-state index contributed by atoms with van der Waals surface area (Å²) < 4.78 is 0. The molecule has 0 saturated heterocycles. The van der Waals surface area contributed by atoms with E-state index in [0.717, 1.165) is 0 Å². The minimum absolute atomic E-state index is 0.0138. The molecule has 5 atom stereocenters. The standard InChI is InChI=1S/C13H22N2O6/c1-7(11(19)5-16)13(21)9-4-14-8(3-15-9)2-10(18)12(20)6-17/h3-4,7,10-13,16-21H,2,5-6H2,1H3. The molecule has 1 aromatic rings. The highest BCUT2D eigenvalue weighted by Crippen LogP contribution is 2.22. The lowest BCUT2D eigenvalue weighted by Crippen LogP contribution is -2.31. The van der Waals surface area contributed by atoms with Crippen LogP contribution in [0.1, 0.15) is 24.4 Å². The molecule has 1 aromatic heterocycles. The molecule has 8 nitrogen and oxygen atoms in total. The summed E-state index contributed by atoms with van der Waals surface area (Å²) >= 11 is 0. The maximum absolute atomic E-state index is 9.99. The van der Waals surface area contributed by atoms with Gasteiger partial charge in [0.1, 0.15) is 12.2 Å². The number of aromatic nitrogens is 2. The van der Waals surface area contributed by atoms with Crippen molar-refractivity contribution in [1.82, 2.24) is 9.97 Å². The monoisotopic (exact) mass is 302 g/mol. The largest absolute Gasteiger partial charge is 0.394 e. The third-order valence-electron chi connectivity index (χ3n) is 3.37. The van der Waals surface area contributed by atoms with E-state index in [0.29, 0.717) is 5.69 Å². The van der Waals surface area contributed by atoms with Crippen molar-refractivity contribution in [2.24, 2.45) is 5.92 Å². The predicted molar refractivity (Wildman–Crippen MR) is 72.1 cm³/mol. The fourth-order valence-corrected chi connectivity index (χ4v) is 1.74. The van der Waals surface area contributed by atoms with Gasteiger partial charge >= 0.3 is 0 Å². The summed E-state index contributed by atoms with van der Waals surface area (Å²) in [6, 6.07) is 0. The molecule has 21 heavy (non-hydrogen) atoms. The second kappa shape index (κ2) is 8.32. The number of hydrogen-bond acceptors (Lipinski definition) is 8. The van der Waals surface area contributed by atoms with Crippen LogP contribution in [0.2, 0.25) is 0 Å². The van der Waals surface area contributed by atoms with Gasteiger partial charge in [0.05, 0.1) is 43.0 Å². The molecule has 0 radical (unpaired) electrons. The van der Waals surface area contributed by atoms with Crippen molar-refractivity contribution in [1.29, 1.82) is 0 Å². The Morgan fingerprint density at radius 3 is 2.00 bits per heavy atom. The number of aliphatic hydroxyl groups excluding tert-OH is 6. The topological polar surface area (TPSA) is 147 Å². The first kappa shape index (κ1) is 17.9. The molecule has 5 unspecified atom stereocenters. The Morgan fingerprint density at radius 2 is 1.52 bits per heavy atom. The zero-order valence-electron chi connectivity index (χ0n) is 11.7. The van der Waals surface area contributed by atoms with Gasteiger partial charge in [0.25, 0.3) is 0 Å². The Balaban J connectivity index is 2.69. The van der Waals surface area contributed by atoms with Crippen molar-refractivity contribution in [3.63, 3.8) is 0 Å². The van der Waals surface area contributed by atoms with E-state index in [1.54, 1.807) is 6.92 Å². The van der Waals surface area contributed by atoms with Crippen LogP contribution in [-0.2, 0) is 6.42 Å². The first-order valence-corrected chi connectivity index (χ1v) is 6.65. The summed E-state index contributed by atoms with van der Waals surface area (Å²) in [4.78, 5) is 8.00. The van der Waals surface area contributed by atoms with Gasteiger partial charge < -0.3 is 30.6 Å². The van der Waals surface area contributed by atoms with Gasteiger partial charge in [-0.25, -0.2) is 0 Å². The second-order valence-corrected chi connectivity index (χ2v) is 5.01. The van der Waals surface area contributed by atoms with E-state index in [-0.39, 0.29) is 12.1 Å². The van der Waals surface area contributed by atoms with Crippen LogP contribution in [0.5, 0.6) is 0 Å². The number of nitrogens with zero attached hydrogens (tertiary/aromatic N) is 2. The molecule has 0 aliphatic rings. The predicted octanol–water partition coefficient (Wildman–Crippen LogP) is -2.24. The van der Waals surface area contributed by atoms with Gasteiger partial charge in [-0.3, -0.25) is 9.97 Å². The summed E-state index contributed by atoms with van der Waals surface area (Å²) in [6.45, 7) is 0.555. The lowest BCUT2D eigenvalue weighted by molar-refractivity contribution is -0.0140. The van der Waals surface area contributed by atoms with Crippen LogP contribution in [0.4, 0.5) is 0 Å². The van der Waals surface area contributed by atoms with Crippen LogP contribution in [-0.4, -0.2) is 72.1 Å². The quantitative estimate of drug-likeness (QED) is 0.316. The Labute approximate surface area is 122 Å². The second-order valence-electron chi connectivity index (χ2n) is 5.01. The zero-order chi connectivity index (χ0) is 16.0. The van der Waals surface area contributed by atoms with Crippen LogP contribution >= 0.6 is 0 Å². The van der Waals surface area contributed by atoms with Gasteiger partial charge in [-0.1, -0.05) is 6.92 Å². The van der Waals surface area contributed by atoms with E-state index in [1.807, 2.05) is 0 Å². The smallest absolute Gasteiger partial charge is 0.103 e. The minimum Gasteiger partial charge on any atom is -0.394 e. The summed E-state index contributed by atoms with van der Waals surface area (Å²) in [5, 5.41) is 55.8. The van der Waals surface area contributed by atoms with Crippen LogP contribution in [0.3, 0.4) is 0 Å². The molecule has 0 amide bonds. The fraction of sp³-hybridized carbons (Fsp3) is 0.692. The lowest BCUT2D eigenvalue weighted by Gasteiger charge is -2.22. The molecule has 0 aliphatic heterocycles. The minimum atomic E-state index is -1.25. The highest BCUT2D eigenvalue weighted by molar-refractivity contribution is 5.07. The van der Waals surface area contributed by atoms with E-state index >= 15 is 0 Å². The maximum Gasteiger partial charge on any atom is 0.103 e. The van der Waals surface area contributed by atoms with Crippen LogP contribution in [0, 0.1) is 5.92 Å². The molecule has 0 bridgehead atoms. The summed E-state index contributed by atoms with van der Waals surface area (Å²) in [5.74, 6) is -0.614. The average molecular weight is 302 g/mol. The normalized spacial score (nSPS) is 18.8. The van der Waals surface area contributed by atoms with Gasteiger partial charge in [0, 0.05) is 18.5 Å². The SMILES string of the molecule is CC(C(O)CO)C(O)c1cnc(CC(O)C(O)CO)cn1. The Hall–Kier alpha value is -1.16. The lowest BCUT2D eigenvalue weighted by atomic mass is 9.96. The number of aliphatic hydroxyl groups is 6. The highest BCUT2D eigenvalue weighted by atomic mass is 16.4. The van der Waals surface area contributed by atoms with Crippen molar-refractivity contribution >= 4 is 0 Å². The van der Waals surface area contributed by atoms with Crippen molar-refractivity contribution < 1.29 is 30.6 Å². The van der Waals surface area contributed by atoms with Crippen LogP contribution < -0.4 is 0 Å². The Kier molecular flexibility index (Phi) is 7.09. The fourth-order valence-electron chi connectivity index (χ4n) is 1.74. The number of rotatable bonds is 8. The molecule has 6 N–H and O–H groups in total. The summed E-state index contributed by atoms with van der Waals surface area (Å²) in [6.07, 6.45) is -1.90. The maximum atomic E-state index is 9.99. The molecular weight excluding hydrogens is 280 g/mol. The molecule has 0 fully saturated rings. The highest BCUT2D eigenvalue weighted by Gasteiger charge is 2.25. The first-order valence-electron chi connectivity index (χ1n) is 6.65. The molecule has 0 aromatic carbocycles. The van der Waals surface area contributed by atoms with E-state index in [9.17, 15) is 20.4 Å². The van der Waals surface area contributed by atoms with Gasteiger partial charge in [-0.15, -0.1) is 0 Å². The van der Waals surface area contributed by atoms with Crippen LogP contribution in [0.15, 0.2) is 12.4 Å². The summed E-state index contributed by atoms with van der Waals surface area (Å²) in [5.41, 5.74) is 0.622. The van der Waals surface area contributed by atoms with Crippen molar-refractivity contribution in [3.05, 3.63) is 23.8 Å². The third-order valence-corrected chi connectivity index (χ3v) is 3.37. The van der Waals surface area contributed by atoms with Gasteiger partial charge in [0.2, 0.25) is 0 Å². The molecule has 8 heteroatoms. The molecule has 0 spiro atoms. The van der Waals surface area contributed by atoms with Crippen LogP contribution in [0.25, 0.3) is 0 Å². The Bertz CT molecular complexity index is 416. The molecule has 1 heterocycles. The van der Waals surface area contributed by atoms with Gasteiger partial charge in [-0.2, -0.15) is 0 Å². The first-order chi connectivity index (χ1) is 9.90. The van der Waals surface area contributed by atoms with Crippen molar-refractivity contribution in [3.8, 4) is 0 Å². The average Bonchev–Trinajstić information content (AvgIpc) is 2.52. The van der Waals surface area contributed by atoms with Crippen molar-refractivity contribution in [2.45, 2.75) is 37.8 Å². The molecular formula is C13H22N2O6. The molecule has 120 valence electrons. The molecule has 0 saturated carbocycles.